The van der Waals surface area contributed by atoms with Gasteiger partial charge in [0.25, 0.3) is 0 Å². The number of nitrogens with zero attached hydrogens (tertiary/aromatic N) is 1. The van der Waals surface area contributed by atoms with E-state index in [1.54, 1.807) is 31.4 Å². The van der Waals surface area contributed by atoms with Crippen molar-refractivity contribution in [2.45, 2.75) is 12.1 Å². The Kier molecular flexibility index (Phi) is 3.20. The lowest BCUT2D eigenvalue weighted by Gasteiger charge is -2.43. The third-order valence-corrected chi connectivity index (χ3v) is 2.93. The molecule has 2 atom stereocenters. The molecule has 1 aliphatic heterocycles. The smallest absolute Gasteiger partial charge is 0.331 e. The van der Waals surface area contributed by atoms with Crippen LogP contribution in [-0.4, -0.2) is 38.2 Å². The molecule has 0 spiro atoms. The highest BCUT2D eigenvalue weighted by Crippen LogP contribution is 2.29. The largest absolute Gasteiger partial charge is 0.497 e. The Morgan fingerprint density at radius 3 is 2.39 bits per heavy atom. The highest BCUT2D eigenvalue weighted by molar-refractivity contribution is 6.12. The molecule has 1 saturated heterocycles. The quantitative estimate of drug-likeness (QED) is 0.599. The summed E-state index contributed by atoms with van der Waals surface area (Å²) in [6, 6.07) is 5.22. The summed E-state index contributed by atoms with van der Waals surface area (Å²) in [4.78, 5) is 24.6. The van der Waals surface area contributed by atoms with Gasteiger partial charge in [-0.15, -0.1) is 0 Å². The van der Waals surface area contributed by atoms with Gasteiger partial charge in [0, 0.05) is 5.69 Å². The second-order valence-corrected chi connectivity index (χ2v) is 3.90. The average molecular weight is 250 g/mol. The van der Waals surface area contributed by atoms with E-state index in [9.17, 15) is 9.59 Å². The summed E-state index contributed by atoms with van der Waals surface area (Å²) in [5, 5.41) is 0. The number of hydrogen-bond donors (Lipinski definition) is 1. The van der Waals surface area contributed by atoms with Gasteiger partial charge in [-0.1, -0.05) is 0 Å². The van der Waals surface area contributed by atoms with Crippen LogP contribution in [0.4, 0.5) is 5.69 Å². The van der Waals surface area contributed by atoms with E-state index in [0.29, 0.717) is 11.4 Å². The molecule has 1 fully saturated rings. The molecule has 0 radical (unpaired) electrons. The number of carbonyl (C=O) groups excluding carboxylic acids is 2. The van der Waals surface area contributed by atoms with Crippen molar-refractivity contribution >= 4 is 17.6 Å². The van der Waals surface area contributed by atoms with Crippen molar-refractivity contribution in [3.63, 3.8) is 0 Å². The molecule has 1 heterocycles. The maximum absolute atomic E-state index is 11.7. The Morgan fingerprint density at radius 1 is 1.28 bits per heavy atom. The molecule has 1 aromatic rings. The maximum Gasteiger partial charge on any atom is 0.331 e. The predicted octanol–water partition coefficient (Wildman–Crippen LogP) is -0.0893. The molecule has 18 heavy (non-hydrogen) atoms. The Balaban J connectivity index is 2.25. The van der Waals surface area contributed by atoms with Crippen LogP contribution in [0.15, 0.2) is 24.3 Å². The normalized spacial score (nSPS) is 22.4. The molecule has 2 rings (SSSR count). The van der Waals surface area contributed by atoms with Crippen LogP contribution in [0.2, 0.25) is 0 Å². The molecule has 1 amide bonds. The summed E-state index contributed by atoms with van der Waals surface area (Å²) in [6.45, 7) is 0. The van der Waals surface area contributed by atoms with Gasteiger partial charge in [-0.3, -0.25) is 9.69 Å². The fraction of sp³-hybridized carbons (Fsp3) is 0.333. The van der Waals surface area contributed by atoms with Gasteiger partial charge >= 0.3 is 5.97 Å². The van der Waals surface area contributed by atoms with Gasteiger partial charge in [0.05, 0.1) is 14.2 Å². The number of benzene rings is 1. The first-order valence-electron chi connectivity index (χ1n) is 5.40. The SMILES string of the molecule is COC(=O)[C@H]1[C@@H](N)C(=O)N1c1ccc(OC)cc1. The first-order chi connectivity index (χ1) is 8.60. The van der Waals surface area contributed by atoms with Gasteiger partial charge in [0.1, 0.15) is 11.8 Å². The first kappa shape index (κ1) is 12.4. The molecule has 0 aromatic heterocycles. The zero-order valence-electron chi connectivity index (χ0n) is 10.1. The van der Waals surface area contributed by atoms with E-state index in [0.717, 1.165) is 0 Å². The van der Waals surface area contributed by atoms with Crippen LogP contribution in [-0.2, 0) is 14.3 Å². The van der Waals surface area contributed by atoms with E-state index in [2.05, 4.69) is 4.74 Å². The highest BCUT2D eigenvalue weighted by Gasteiger charge is 2.50. The minimum absolute atomic E-state index is 0.296. The Labute approximate surface area is 104 Å². The van der Waals surface area contributed by atoms with E-state index >= 15 is 0 Å². The second kappa shape index (κ2) is 4.66. The first-order valence-corrected chi connectivity index (χ1v) is 5.40. The van der Waals surface area contributed by atoms with Crippen LogP contribution in [0.1, 0.15) is 0 Å². The minimum atomic E-state index is -0.834. The van der Waals surface area contributed by atoms with Crippen LogP contribution in [0.5, 0.6) is 5.75 Å². The summed E-state index contributed by atoms with van der Waals surface area (Å²) in [6.07, 6.45) is 0. The standard InChI is InChI=1S/C12H14N2O4/c1-17-8-5-3-7(4-6-8)14-10(12(16)18-2)9(13)11(14)15/h3-6,9-10H,13H2,1-2H3/t9-,10-/m1/s1. The van der Waals surface area contributed by atoms with E-state index < -0.39 is 18.1 Å². The third-order valence-electron chi connectivity index (χ3n) is 2.93. The van der Waals surface area contributed by atoms with Crippen LogP contribution in [0.25, 0.3) is 0 Å². The molecule has 0 aliphatic carbocycles. The van der Waals surface area contributed by atoms with Crippen molar-refractivity contribution < 1.29 is 19.1 Å². The van der Waals surface area contributed by atoms with Crippen molar-refractivity contribution in [3.8, 4) is 5.75 Å². The molecule has 6 heteroatoms. The summed E-state index contributed by atoms with van der Waals surface area (Å²) in [5.41, 5.74) is 6.21. The second-order valence-electron chi connectivity index (χ2n) is 3.90. The number of methoxy groups -OCH3 is 2. The van der Waals surface area contributed by atoms with Crippen LogP contribution >= 0.6 is 0 Å². The maximum atomic E-state index is 11.7. The average Bonchev–Trinajstić information content (AvgIpc) is 2.43. The highest BCUT2D eigenvalue weighted by atomic mass is 16.5. The number of nitrogens with two attached hydrogens (primary N) is 1. The number of amides is 1. The zero-order chi connectivity index (χ0) is 13.3. The molecule has 1 aliphatic rings. The van der Waals surface area contributed by atoms with E-state index in [1.807, 2.05) is 0 Å². The Bertz CT molecular complexity index is 471. The number of anilines is 1. The van der Waals surface area contributed by atoms with Gasteiger partial charge in [-0.25, -0.2) is 4.79 Å². The number of hydrogen-bond acceptors (Lipinski definition) is 5. The lowest BCUT2D eigenvalue weighted by molar-refractivity contribution is -0.149. The van der Waals surface area contributed by atoms with Gasteiger partial charge in [0.2, 0.25) is 5.91 Å². The molecule has 0 saturated carbocycles. The lowest BCUT2D eigenvalue weighted by Crippen LogP contribution is -2.72. The van der Waals surface area contributed by atoms with Crippen molar-refractivity contribution in [3.05, 3.63) is 24.3 Å². The predicted molar refractivity (Wildman–Crippen MR) is 64.3 cm³/mol. The Morgan fingerprint density at radius 2 is 1.89 bits per heavy atom. The van der Waals surface area contributed by atoms with Crippen LogP contribution in [0, 0.1) is 0 Å². The molecular weight excluding hydrogens is 236 g/mol. The molecular formula is C12H14N2O4. The number of β-lactam (4-membered cyclic amide) rings is 1. The zero-order valence-corrected chi connectivity index (χ0v) is 10.1. The third kappa shape index (κ3) is 1.80. The van der Waals surface area contributed by atoms with Gasteiger partial charge in [-0.05, 0) is 24.3 Å². The van der Waals surface area contributed by atoms with Crippen molar-refractivity contribution in [2.24, 2.45) is 5.73 Å². The number of carbonyl (C=O) groups is 2. The van der Waals surface area contributed by atoms with E-state index in [4.69, 9.17) is 10.5 Å². The summed E-state index contributed by atoms with van der Waals surface area (Å²) in [5.74, 6) is -0.140. The van der Waals surface area contributed by atoms with Gasteiger partial charge in [0.15, 0.2) is 6.04 Å². The summed E-state index contributed by atoms with van der Waals surface area (Å²) in [7, 11) is 2.82. The van der Waals surface area contributed by atoms with Crippen molar-refractivity contribution in [2.75, 3.05) is 19.1 Å². The molecule has 0 unspecified atom stereocenters. The van der Waals surface area contributed by atoms with Crippen LogP contribution < -0.4 is 15.4 Å². The summed E-state index contributed by atoms with van der Waals surface area (Å²) < 4.78 is 9.66. The van der Waals surface area contributed by atoms with Crippen molar-refractivity contribution in [1.82, 2.24) is 0 Å². The molecule has 2 N–H and O–H groups in total. The van der Waals surface area contributed by atoms with Gasteiger partial charge in [-0.2, -0.15) is 0 Å². The molecule has 1 aromatic carbocycles. The number of esters is 1. The van der Waals surface area contributed by atoms with Gasteiger partial charge < -0.3 is 15.2 Å². The lowest BCUT2D eigenvalue weighted by atomic mass is 9.95. The van der Waals surface area contributed by atoms with E-state index in [1.165, 1.54) is 12.0 Å². The Hall–Kier alpha value is -2.08. The molecule has 6 nitrogen and oxygen atoms in total. The fourth-order valence-electron chi connectivity index (χ4n) is 1.91. The number of ether oxygens (including phenoxy) is 2. The monoisotopic (exact) mass is 250 g/mol. The molecule has 0 bridgehead atoms. The molecule has 96 valence electrons. The van der Waals surface area contributed by atoms with Crippen LogP contribution in [0.3, 0.4) is 0 Å². The number of rotatable bonds is 3. The minimum Gasteiger partial charge on any atom is -0.497 e. The summed E-state index contributed by atoms with van der Waals surface area (Å²) >= 11 is 0. The topological polar surface area (TPSA) is 81.9 Å². The van der Waals surface area contributed by atoms with E-state index in [-0.39, 0.29) is 5.91 Å². The fourth-order valence-corrected chi connectivity index (χ4v) is 1.91. The van der Waals surface area contributed by atoms with Crippen molar-refractivity contribution in [1.29, 1.82) is 0 Å².